The van der Waals surface area contributed by atoms with Crippen molar-refractivity contribution in [3.05, 3.63) is 33.9 Å². The van der Waals surface area contributed by atoms with E-state index in [1.54, 1.807) is 12.1 Å². The van der Waals surface area contributed by atoms with Crippen molar-refractivity contribution < 1.29 is 14.5 Å². The molecule has 132 valence electrons. The van der Waals surface area contributed by atoms with Gasteiger partial charge in [-0.3, -0.25) is 14.9 Å². The van der Waals surface area contributed by atoms with Crippen LogP contribution in [-0.4, -0.2) is 40.2 Å². The van der Waals surface area contributed by atoms with Crippen molar-refractivity contribution in [1.29, 1.82) is 0 Å². The van der Waals surface area contributed by atoms with E-state index in [-0.39, 0.29) is 17.6 Å². The molecule has 1 N–H and O–H groups in total. The third-order valence-electron chi connectivity index (χ3n) is 3.67. The highest BCUT2D eigenvalue weighted by Gasteiger charge is 2.20. The van der Waals surface area contributed by atoms with Crippen LogP contribution in [0.5, 0.6) is 0 Å². The van der Waals surface area contributed by atoms with Crippen LogP contribution in [0.2, 0.25) is 0 Å². The number of carbonyl (C=O) groups excluding carboxylic acids is 1. The third-order valence-corrected chi connectivity index (χ3v) is 5.67. The van der Waals surface area contributed by atoms with E-state index in [4.69, 9.17) is 4.74 Å². The first-order valence-corrected chi connectivity index (χ1v) is 9.32. The van der Waals surface area contributed by atoms with Gasteiger partial charge in [0.2, 0.25) is 5.13 Å². The van der Waals surface area contributed by atoms with Crippen molar-refractivity contribution in [1.82, 2.24) is 10.2 Å². The van der Waals surface area contributed by atoms with Gasteiger partial charge in [-0.05, 0) is 43.7 Å². The van der Waals surface area contributed by atoms with Crippen LogP contribution in [0.15, 0.2) is 27.4 Å². The summed E-state index contributed by atoms with van der Waals surface area (Å²) < 4.78 is 6.13. The molecule has 1 aliphatic rings. The van der Waals surface area contributed by atoms with Crippen LogP contribution in [0.3, 0.4) is 0 Å². The Morgan fingerprint density at radius 3 is 3.04 bits per heavy atom. The maximum absolute atomic E-state index is 11.4. The van der Waals surface area contributed by atoms with Crippen LogP contribution in [0.1, 0.15) is 30.1 Å². The molecule has 2 heterocycles. The Morgan fingerprint density at radius 1 is 1.52 bits per heavy atom. The molecule has 0 aliphatic carbocycles. The van der Waals surface area contributed by atoms with Gasteiger partial charge in [-0.2, -0.15) is 0 Å². The Balaban J connectivity index is 1.69. The average molecular weight is 380 g/mol. The summed E-state index contributed by atoms with van der Waals surface area (Å²) in [4.78, 5) is 22.6. The van der Waals surface area contributed by atoms with Crippen LogP contribution in [0.25, 0.3) is 0 Å². The topological polar surface area (TPSA) is 107 Å². The first-order chi connectivity index (χ1) is 12.0. The number of rotatable bonds is 7. The lowest BCUT2D eigenvalue weighted by molar-refractivity contribution is -0.387. The maximum atomic E-state index is 11.4. The minimum absolute atomic E-state index is 0.109. The standard InChI is InChI=1S/C15H16N4O4S2/c1-9(20)10-4-5-13(12(7-10)19(21)22)24-15-18-17-14(25-15)16-8-11-3-2-6-23-11/h4-5,7,11H,2-3,6,8H2,1H3,(H,16,17)/t11-/m1/s1. The van der Waals surface area contributed by atoms with E-state index < -0.39 is 4.92 Å². The van der Waals surface area contributed by atoms with E-state index in [1.165, 1.54) is 24.3 Å². The van der Waals surface area contributed by atoms with Crippen molar-refractivity contribution in [2.45, 2.75) is 35.1 Å². The molecule has 1 aromatic heterocycles. The molecule has 0 unspecified atom stereocenters. The molecule has 0 saturated carbocycles. The molecular formula is C15H16N4O4S2. The number of benzene rings is 1. The number of aromatic nitrogens is 2. The number of ether oxygens (including phenoxy) is 1. The second-order valence-corrected chi connectivity index (χ2v) is 7.75. The average Bonchev–Trinajstić information content (AvgIpc) is 3.24. The van der Waals surface area contributed by atoms with Crippen LogP contribution >= 0.6 is 23.1 Å². The van der Waals surface area contributed by atoms with E-state index in [2.05, 4.69) is 15.5 Å². The third kappa shape index (κ3) is 4.53. The summed E-state index contributed by atoms with van der Waals surface area (Å²) in [6, 6.07) is 4.44. The number of ketones is 1. The molecule has 1 aliphatic heterocycles. The number of carbonyl (C=O) groups is 1. The van der Waals surface area contributed by atoms with Crippen LogP contribution < -0.4 is 5.32 Å². The minimum Gasteiger partial charge on any atom is -0.376 e. The van der Waals surface area contributed by atoms with Gasteiger partial charge in [0.1, 0.15) is 0 Å². The summed E-state index contributed by atoms with van der Waals surface area (Å²) in [5.41, 5.74) is 0.203. The fourth-order valence-electron chi connectivity index (χ4n) is 2.39. The molecule has 1 aromatic carbocycles. The van der Waals surface area contributed by atoms with Crippen molar-refractivity contribution in [3.8, 4) is 0 Å². The molecule has 0 radical (unpaired) electrons. The van der Waals surface area contributed by atoms with E-state index >= 15 is 0 Å². The largest absolute Gasteiger partial charge is 0.376 e. The van der Waals surface area contributed by atoms with Crippen molar-refractivity contribution in [3.63, 3.8) is 0 Å². The van der Waals surface area contributed by atoms with E-state index in [0.29, 0.717) is 26.5 Å². The molecule has 0 bridgehead atoms. The summed E-state index contributed by atoms with van der Waals surface area (Å²) in [6.45, 7) is 2.85. The van der Waals surface area contributed by atoms with E-state index in [1.807, 2.05) is 0 Å². The molecule has 1 saturated heterocycles. The lowest BCUT2D eigenvalue weighted by atomic mass is 10.1. The Bertz CT molecular complexity index is 790. The summed E-state index contributed by atoms with van der Waals surface area (Å²) in [5, 5.41) is 23.2. The van der Waals surface area contributed by atoms with Crippen LogP contribution in [-0.2, 0) is 4.74 Å². The smallest absolute Gasteiger partial charge is 0.284 e. The van der Waals surface area contributed by atoms with E-state index in [0.717, 1.165) is 31.2 Å². The molecule has 1 fully saturated rings. The van der Waals surface area contributed by atoms with Gasteiger partial charge in [-0.15, -0.1) is 10.2 Å². The zero-order valence-corrected chi connectivity index (χ0v) is 15.1. The molecule has 25 heavy (non-hydrogen) atoms. The van der Waals surface area contributed by atoms with Gasteiger partial charge < -0.3 is 10.1 Å². The maximum Gasteiger partial charge on any atom is 0.284 e. The van der Waals surface area contributed by atoms with E-state index in [9.17, 15) is 14.9 Å². The van der Waals surface area contributed by atoms with Gasteiger partial charge >= 0.3 is 0 Å². The number of nitro groups is 1. The highest BCUT2D eigenvalue weighted by atomic mass is 32.2. The van der Waals surface area contributed by atoms with Crippen molar-refractivity contribution >= 4 is 39.7 Å². The summed E-state index contributed by atoms with van der Waals surface area (Å²) in [7, 11) is 0. The highest BCUT2D eigenvalue weighted by Crippen LogP contribution is 2.37. The molecule has 8 nitrogen and oxygen atoms in total. The minimum atomic E-state index is -0.494. The van der Waals surface area contributed by atoms with Gasteiger partial charge in [0.15, 0.2) is 10.1 Å². The Kier molecular flexibility index (Phi) is 5.61. The number of nitro benzene ring substituents is 1. The van der Waals surface area contributed by atoms with Crippen LogP contribution in [0.4, 0.5) is 10.8 Å². The normalized spacial score (nSPS) is 16.8. The summed E-state index contributed by atoms with van der Waals surface area (Å²) in [6.07, 6.45) is 2.30. The van der Waals surface area contributed by atoms with Crippen molar-refractivity contribution in [2.24, 2.45) is 0 Å². The van der Waals surface area contributed by atoms with Crippen LogP contribution in [0, 0.1) is 10.1 Å². The first kappa shape index (κ1) is 17.8. The number of nitrogens with one attached hydrogen (secondary N) is 1. The molecule has 1 atom stereocenters. The molecule has 10 heteroatoms. The SMILES string of the molecule is CC(=O)c1ccc(Sc2nnc(NC[C@H]3CCCO3)s2)c([N+](=O)[O-])c1. The second-order valence-electron chi connectivity index (χ2n) is 5.49. The summed E-state index contributed by atoms with van der Waals surface area (Å²) >= 11 is 2.49. The van der Waals surface area contributed by atoms with Gasteiger partial charge in [0.25, 0.3) is 5.69 Å². The molecular weight excluding hydrogens is 364 g/mol. The fraction of sp³-hybridized carbons (Fsp3) is 0.400. The first-order valence-electron chi connectivity index (χ1n) is 7.69. The number of Topliss-reactive ketones (excluding diaryl/α,β-unsaturated/α-hetero) is 1. The predicted octanol–water partition coefficient (Wildman–Crippen LogP) is 3.39. The fourth-order valence-corrected chi connectivity index (χ4v) is 4.19. The van der Waals surface area contributed by atoms with Gasteiger partial charge in [0, 0.05) is 24.8 Å². The number of hydrogen-bond donors (Lipinski definition) is 1. The number of hydrogen-bond acceptors (Lipinski definition) is 9. The van der Waals surface area contributed by atoms with Gasteiger partial charge in [-0.25, -0.2) is 0 Å². The zero-order valence-electron chi connectivity index (χ0n) is 13.4. The Hall–Kier alpha value is -2.04. The molecule has 0 spiro atoms. The molecule has 0 amide bonds. The Morgan fingerprint density at radius 2 is 2.36 bits per heavy atom. The van der Waals surface area contributed by atoms with Gasteiger partial charge in [0.05, 0.1) is 15.9 Å². The number of nitrogens with zero attached hydrogens (tertiary/aromatic N) is 3. The molecule has 2 aromatic rings. The lowest BCUT2D eigenvalue weighted by Gasteiger charge is -2.08. The monoisotopic (exact) mass is 380 g/mol. The second kappa shape index (κ2) is 7.89. The highest BCUT2D eigenvalue weighted by molar-refractivity contribution is 8.01. The molecule has 3 rings (SSSR count). The summed E-state index contributed by atoms with van der Waals surface area (Å²) in [5.74, 6) is -0.212. The quantitative estimate of drug-likeness (QED) is 0.442. The lowest BCUT2D eigenvalue weighted by Crippen LogP contribution is -2.18. The predicted molar refractivity (Wildman–Crippen MR) is 94.6 cm³/mol. The number of anilines is 1. The Labute approximate surface area is 152 Å². The van der Waals surface area contributed by atoms with Gasteiger partial charge in [-0.1, -0.05) is 11.3 Å². The van der Waals surface area contributed by atoms with Crippen molar-refractivity contribution in [2.75, 3.05) is 18.5 Å². The zero-order chi connectivity index (χ0) is 17.8.